The average Bonchev–Trinajstić information content (AvgIpc) is 2.88. The minimum Gasteiger partial charge on any atom is -0.491 e. The average molecular weight is 277 g/mol. The highest BCUT2D eigenvalue weighted by Crippen LogP contribution is 2.26. The van der Waals surface area contributed by atoms with Gasteiger partial charge < -0.3 is 9.47 Å². The first-order chi connectivity index (χ1) is 9.61. The van der Waals surface area contributed by atoms with Gasteiger partial charge in [-0.1, -0.05) is 18.2 Å². The fourth-order valence-electron chi connectivity index (χ4n) is 2.64. The van der Waals surface area contributed by atoms with Crippen molar-refractivity contribution in [2.24, 2.45) is 0 Å². The molecule has 1 aromatic carbocycles. The van der Waals surface area contributed by atoms with Crippen LogP contribution in [0.15, 0.2) is 24.3 Å². The molecule has 20 heavy (non-hydrogen) atoms. The Morgan fingerprint density at radius 1 is 1.40 bits per heavy atom. The molecule has 1 atom stereocenters. The highest BCUT2D eigenvalue weighted by atomic mass is 16.5. The molecule has 1 unspecified atom stereocenters. The lowest BCUT2D eigenvalue weighted by molar-refractivity contribution is -0.146. The van der Waals surface area contributed by atoms with Gasteiger partial charge in [0.1, 0.15) is 11.8 Å². The molecule has 2 rings (SSSR count). The minimum atomic E-state index is -0.134. The van der Waals surface area contributed by atoms with E-state index in [2.05, 4.69) is 11.0 Å². The number of rotatable bonds is 5. The summed E-state index contributed by atoms with van der Waals surface area (Å²) in [5.74, 6) is 0.766. The number of hydrogen-bond acceptors (Lipinski definition) is 4. The molecule has 0 spiro atoms. The Labute approximate surface area is 120 Å². The lowest BCUT2D eigenvalue weighted by atomic mass is 10.1. The number of para-hydroxylation sites is 1. The number of likely N-dealkylation sites (tertiary alicyclic amines) is 1. The predicted octanol–water partition coefficient (Wildman–Crippen LogP) is 2.61. The SMILES string of the molecule is COC(=O)C1CCCN1Cc1ccccc1OC(C)C. The predicted molar refractivity (Wildman–Crippen MR) is 77.7 cm³/mol. The van der Waals surface area contributed by atoms with Crippen molar-refractivity contribution in [2.45, 2.75) is 45.4 Å². The molecule has 0 saturated carbocycles. The van der Waals surface area contributed by atoms with Crippen molar-refractivity contribution in [2.75, 3.05) is 13.7 Å². The first-order valence-corrected chi connectivity index (χ1v) is 7.18. The summed E-state index contributed by atoms with van der Waals surface area (Å²) in [6.07, 6.45) is 2.05. The molecule has 4 heteroatoms. The summed E-state index contributed by atoms with van der Waals surface area (Å²) in [5.41, 5.74) is 1.12. The third kappa shape index (κ3) is 3.51. The third-order valence-electron chi connectivity index (χ3n) is 3.55. The summed E-state index contributed by atoms with van der Waals surface area (Å²) in [6, 6.07) is 7.91. The fraction of sp³-hybridized carbons (Fsp3) is 0.562. The van der Waals surface area contributed by atoms with Gasteiger partial charge in [0.25, 0.3) is 0 Å². The highest BCUT2D eigenvalue weighted by molar-refractivity contribution is 5.76. The molecule has 110 valence electrons. The standard InChI is InChI=1S/C16H23NO3/c1-12(2)20-15-9-5-4-7-13(15)11-17-10-6-8-14(17)16(18)19-3/h4-5,7,9,12,14H,6,8,10-11H2,1-3H3. The van der Waals surface area contributed by atoms with E-state index in [0.29, 0.717) is 0 Å². The smallest absolute Gasteiger partial charge is 0.323 e. The van der Waals surface area contributed by atoms with Crippen LogP contribution in [0.3, 0.4) is 0 Å². The van der Waals surface area contributed by atoms with Gasteiger partial charge in [-0.15, -0.1) is 0 Å². The van der Waals surface area contributed by atoms with E-state index in [1.807, 2.05) is 32.0 Å². The first kappa shape index (κ1) is 14.9. The van der Waals surface area contributed by atoms with Gasteiger partial charge in [0.15, 0.2) is 0 Å². The molecular weight excluding hydrogens is 254 g/mol. The fourth-order valence-corrected chi connectivity index (χ4v) is 2.64. The maximum atomic E-state index is 11.8. The van der Waals surface area contributed by atoms with Crippen LogP contribution in [0.25, 0.3) is 0 Å². The Morgan fingerprint density at radius 3 is 2.85 bits per heavy atom. The van der Waals surface area contributed by atoms with Gasteiger partial charge in [0, 0.05) is 12.1 Å². The zero-order valence-corrected chi connectivity index (χ0v) is 12.5. The number of hydrogen-bond donors (Lipinski definition) is 0. The van der Waals surface area contributed by atoms with Crippen LogP contribution >= 0.6 is 0 Å². The van der Waals surface area contributed by atoms with Gasteiger partial charge in [-0.2, -0.15) is 0 Å². The van der Waals surface area contributed by atoms with E-state index in [0.717, 1.165) is 37.2 Å². The largest absolute Gasteiger partial charge is 0.491 e. The maximum Gasteiger partial charge on any atom is 0.323 e. The molecule has 4 nitrogen and oxygen atoms in total. The molecule has 1 saturated heterocycles. The number of ether oxygens (including phenoxy) is 2. The van der Waals surface area contributed by atoms with E-state index >= 15 is 0 Å². The molecule has 0 radical (unpaired) electrons. The second-order valence-corrected chi connectivity index (χ2v) is 5.43. The molecule has 1 aromatic rings. The maximum absolute atomic E-state index is 11.8. The van der Waals surface area contributed by atoms with Gasteiger partial charge in [0.05, 0.1) is 13.2 Å². The van der Waals surface area contributed by atoms with Crippen molar-refractivity contribution in [1.29, 1.82) is 0 Å². The van der Waals surface area contributed by atoms with Gasteiger partial charge >= 0.3 is 5.97 Å². The number of esters is 1. The van der Waals surface area contributed by atoms with E-state index in [1.54, 1.807) is 0 Å². The minimum absolute atomic E-state index is 0.118. The number of carbonyl (C=O) groups is 1. The van der Waals surface area contributed by atoms with Gasteiger partial charge in [-0.3, -0.25) is 9.69 Å². The molecule has 1 aliphatic rings. The van der Waals surface area contributed by atoms with E-state index in [9.17, 15) is 4.79 Å². The summed E-state index contributed by atoms with van der Waals surface area (Å²) >= 11 is 0. The topological polar surface area (TPSA) is 38.8 Å². The summed E-state index contributed by atoms with van der Waals surface area (Å²) < 4.78 is 10.7. The van der Waals surface area contributed by atoms with Crippen LogP contribution in [0.5, 0.6) is 5.75 Å². The van der Waals surface area contributed by atoms with Crippen LogP contribution in [0.4, 0.5) is 0 Å². The molecule has 1 heterocycles. The Hall–Kier alpha value is -1.55. The molecular formula is C16H23NO3. The second kappa shape index (κ2) is 6.75. The molecule has 0 amide bonds. The van der Waals surface area contributed by atoms with Crippen LogP contribution in [-0.2, 0) is 16.1 Å². The monoisotopic (exact) mass is 277 g/mol. The van der Waals surface area contributed by atoms with Crippen LogP contribution in [0.1, 0.15) is 32.3 Å². The normalized spacial score (nSPS) is 19.3. The lowest BCUT2D eigenvalue weighted by Crippen LogP contribution is -2.36. The molecule has 1 aliphatic heterocycles. The van der Waals surface area contributed by atoms with Crippen molar-refractivity contribution in [3.63, 3.8) is 0 Å². The molecule has 0 bridgehead atoms. The Kier molecular flexibility index (Phi) is 5.01. The summed E-state index contributed by atoms with van der Waals surface area (Å²) in [7, 11) is 1.45. The Bertz CT molecular complexity index is 459. The van der Waals surface area contributed by atoms with E-state index < -0.39 is 0 Å². The number of methoxy groups -OCH3 is 1. The van der Waals surface area contributed by atoms with E-state index in [-0.39, 0.29) is 18.1 Å². The van der Waals surface area contributed by atoms with Crippen molar-refractivity contribution in [3.05, 3.63) is 29.8 Å². The second-order valence-electron chi connectivity index (χ2n) is 5.43. The molecule has 0 aromatic heterocycles. The number of nitrogens with zero attached hydrogens (tertiary/aromatic N) is 1. The summed E-state index contributed by atoms with van der Waals surface area (Å²) in [5, 5.41) is 0. The molecule has 0 N–H and O–H groups in total. The molecule has 0 aliphatic carbocycles. The van der Waals surface area contributed by atoms with Crippen molar-refractivity contribution in [1.82, 2.24) is 4.90 Å². The lowest BCUT2D eigenvalue weighted by Gasteiger charge is -2.24. The zero-order chi connectivity index (χ0) is 14.5. The van der Waals surface area contributed by atoms with E-state index in [4.69, 9.17) is 9.47 Å². The van der Waals surface area contributed by atoms with Gasteiger partial charge in [-0.05, 0) is 39.3 Å². The van der Waals surface area contributed by atoms with Crippen LogP contribution < -0.4 is 4.74 Å². The Balaban J connectivity index is 2.11. The number of benzene rings is 1. The first-order valence-electron chi connectivity index (χ1n) is 7.18. The highest BCUT2D eigenvalue weighted by Gasteiger charge is 2.31. The number of carbonyl (C=O) groups excluding carboxylic acids is 1. The van der Waals surface area contributed by atoms with E-state index in [1.165, 1.54) is 7.11 Å². The van der Waals surface area contributed by atoms with Crippen molar-refractivity contribution < 1.29 is 14.3 Å². The van der Waals surface area contributed by atoms with Crippen molar-refractivity contribution >= 4 is 5.97 Å². The van der Waals surface area contributed by atoms with Crippen LogP contribution in [-0.4, -0.2) is 36.7 Å². The van der Waals surface area contributed by atoms with Crippen LogP contribution in [0.2, 0.25) is 0 Å². The quantitative estimate of drug-likeness (QED) is 0.776. The zero-order valence-electron chi connectivity index (χ0n) is 12.5. The Morgan fingerprint density at radius 2 is 2.15 bits per heavy atom. The van der Waals surface area contributed by atoms with Gasteiger partial charge in [0.2, 0.25) is 0 Å². The van der Waals surface area contributed by atoms with Crippen molar-refractivity contribution in [3.8, 4) is 5.75 Å². The van der Waals surface area contributed by atoms with Gasteiger partial charge in [-0.25, -0.2) is 0 Å². The molecule has 1 fully saturated rings. The third-order valence-corrected chi connectivity index (χ3v) is 3.55. The summed E-state index contributed by atoms with van der Waals surface area (Å²) in [4.78, 5) is 14.0. The van der Waals surface area contributed by atoms with Crippen LogP contribution in [0, 0.1) is 0 Å². The summed E-state index contributed by atoms with van der Waals surface area (Å²) in [6.45, 7) is 5.69.